The van der Waals surface area contributed by atoms with E-state index in [-0.39, 0.29) is 17.4 Å². The number of nitriles is 1. The van der Waals surface area contributed by atoms with Crippen LogP contribution in [0, 0.1) is 17.1 Å². The molecule has 0 unspecified atom stereocenters. The highest BCUT2D eigenvalue weighted by Gasteiger charge is 2.03. The van der Waals surface area contributed by atoms with Gasteiger partial charge >= 0.3 is 0 Å². The van der Waals surface area contributed by atoms with Crippen LogP contribution in [0.25, 0.3) is 0 Å². The Balaban J connectivity index is 2.20. The fraction of sp³-hybridized carbons (Fsp3) is 0. The van der Waals surface area contributed by atoms with Gasteiger partial charge in [0.25, 0.3) is 0 Å². The van der Waals surface area contributed by atoms with E-state index in [0.717, 1.165) is 0 Å². The molecule has 1 aromatic carbocycles. The van der Waals surface area contributed by atoms with Crippen molar-refractivity contribution < 1.29 is 9.13 Å². The molecule has 2 rings (SSSR count). The lowest BCUT2D eigenvalue weighted by Gasteiger charge is -2.04. The molecule has 0 amide bonds. The van der Waals surface area contributed by atoms with Crippen molar-refractivity contribution >= 4 is 15.9 Å². The zero-order valence-electron chi connectivity index (χ0n) is 8.39. The van der Waals surface area contributed by atoms with Crippen LogP contribution in [0.2, 0.25) is 0 Å². The van der Waals surface area contributed by atoms with E-state index in [4.69, 9.17) is 10.00 Å². The number of benzene rings is 1. The maximum Gasteiger partial charge on any atom is 0.237 e. The van der Waals surface area contributed by atoms with Crippen LogP contribution in [0.5, 0.6) is 11.6 Å². The molecule has 0 bridgehead atoms. The van der Waals surface area contributed by atoms with Gasteiger partial charge in [0.1, 0.15) is 17.6 Å². The van der Waals surface area contributed by atoms with Gasteiger partial charge in [-0.2, -0.15) is 5.26 Å². The molecule has 84 valence electrons. The predicted octanol–water partition coefficient (Wildman–Crippen LogP) is 3.04. The van der Waals surface area contributed by atoms with Crippen molar-refractivity contribution in [3.05, 3.63) is 46.6 Å². The number of rotatable bonds is 2. The lowest BCUT2D eigenvalue weighted by atomic mass is 10.3. The molecule has 17 heavy (non-hydrogen) atoms. The zero-order valence-corrected chi connectivity index (χ0v) is 9.98. The van der Waals surface area contributed by atoms with Crippen LogP contribution in [0.3, 0.4) is 0 Å². The molecule has 0 aliphatic carbocycles. The van der Waals surface area contributed by atoms with E-state index in [2.05, 4.69) is 25.9 Å². The molecule has 0 aliphatic heterocycles. The molecular formula is C11H5BrFN3O. The molecule has 1 heterocycles. The summed E-state index contributed by atoms with van der Waals surface area (Å²) in [7, 11) is 0. The molecule has 1 aromatic heterocycles. The molecule has 0 N–H and O–H groups in total. The van der Waals surface area contributed by atoms with Gasteiger partial charge in [-0.05, 0) is 34.1 Å². The summed E-state index contributed by atoms with van der Waals surface area (Å²) in [6.45, 7) is 0. The Kier molecular flexibility index (Phi) is 3.30. The number of nitrogens with zero attached hydrogens (tertiary/aromatic N) is 3. The Morgan fingerprint density at radius 3 is 2.71 bits per heavy atom. The normalized spacial score (nSPS) is 9.71. The minimum absolute atomic E-state index is 0.206. The van der Waals surface area contributed by atoms with E-state index in [9.17, 15) is 4.39 Å². The number of hydrogen-bond acceptors (Lipinski definition) is 4. The highest BCUT2D eigenvalue weighted by Crippen LogP contribution is 2.24. The second kappa shape index (κ2) is 4.89. The van der Waals surface area contributed by atoms with Crippen molar-refractivity contribution in [2.75, 3.05) is 0 Å². The van der Waals surface area contributed by atoms with Crippen molar-refractivity contribution in [3.63, 3.8) is 0 Å². The van der Waals surface area contributed by atoms with Crippen molar-refractivity contribution in [2.45, 2.75) is 0 Å². The van der Waals surface area contributed by atoms with Gasteiger partial charge in [0, 0.05) is 0 Å². The maximum absolute atomic E-state index is 13.0. The van der Waals surface area contributed by atoms with Gasteiger partial charge in [-0.1, -0.05) is 0 Å². The summed E-state index contributed by atoms with van der Waals surface area (Å²) in [6.07, 6.45) is 2.63. The molecule has 0 saturated carbocycles. The average molecular weight is 294 g/mol. The van der Waals surface area contributed by atoms with Crippen LogP contribution in [0.1, 0.15) is 5.69 Å². The van der Waals surface area contributed by atoms with E-state index in [0.29, 0.717) is 10.2 Å². The first-order valence-electron chi connectivity index (χ1n) is 4.54. The van der Waals surface area contributed by atoms with Gasteiger partial charge in [0.05, 0.1) is 16.9 Å². The third-order valence-corrected chi connectivity index (χ3v) is 2.46. The van der Waals surface area contributed by atoms with Gasteiger partial charge < -0.3 is 4.74 Å². The van der Waals surface area contributed by atoms with E-state index < -0.39 is 0 Å². The second-order valence-corrected chi connectivity index (χ2v) is 3.88. The van der Waals surface area contributed by atoms with Crippen LogP contribution >= 0.6 is 15.9 Å². The van der Waals surface area contributed by atoms with E-state index >= 15 is 0 Å². The topological polar surface area (TPSA) is 58.8 Å². The number of hydrogen-bond donors (Lipinski definition) is 0. The molecule has 0 aliphatic rings. The van der Waals surface area contributed by atoms with Crippen LogP contribution in [0.4, 0.5) is 4.39 Å². The SMILES string of the molecule is N#Cc1cnc(Oc2ccc(F)c(Br)c2)cn1. The third kappa shape index (κ3) is 2.77. The van der Waals surface area contributed by atoms with Crippen LogP contribution in [-0.2, 0) is 0 Å². The van der Waals surface area contributed by atoms with Crippen molar-refractivity contribution in [1.82, 2.24) is 9.97 Å². The summed E-state index contributed by atoms with van der Waals surface area (Å²) < 4.78 is 18.6. The van der Waals surface area contributed by atoms with Crippen LogP contribution in [0.15, 0.2) is 35.1 Å². The molecule has 0 radical (unpaired) electrons. The number of ether oxygens (including phenoxy) is 1. The molecule has 0 atom stereocenters. The first kappa shape index (κ1) is 11.5. The van der Waals surface area contributed by atoms with Gasteiger partial charge in [-0.3, -0.25) is 0 Å². The Bertz CT molecular complexity index is 580. The van der Waals surface area contributed by atoms with E-state index in [1.54, 1.807) is 0 Å². The summed E-state index contributed by atoms with van der Waals surface area (Å²) >= 11 is 3.05. The first-order valence-corrected chi connectivity index (χ1v) is 5.33. The van der Waals surface area contributed by atoms with Gasteiger partial charge in [0.15, 0.2) is 5.69 Å². The monoisotopic (exact) mass is 293 g/mol. The van der Waals surface area contributed by atoms with Crippen molar-refractivity contribution in [3.8, 4) is 17.7 Å². The van der Waals surface area contributed by atoms with Gasteiger partial charge in [-0.25, -0.2) is 14.4 Å². The minimum atomic E-state index is -0.372. The predicted molar refractivity (Wildman–Crippen MR) is 60.9 cm³/mol. The standard InChI is InChI=1S/C11H5BrFN3O/c12-9-3-8(1-2-10(9)13)17-11-6-15-7(4-14)5-16-11/h1-3,5-6H. The smallest absolute Gasteiger partial charge is 0.237 e. The zero-order chi connectivity index (χ0) is 12.3. The van der Waals surface area contributed by atoms with Gasteiger partial charge in [-0.15, -0.1) is 0 Å². The quantitative estimate of drug-likeness (QED) is 0.854. The summed E-state index contributed by atoms with van der Waals surface area (Å²) in [5.41, 5.74) is 0.206. The molecule has 6 heteroatoms. The second-order valence-electron chi connectivity index (χ2n) is 3.03. The Morgan fingerprint density at radius 2 is 2.12 bits per heavy atom. The summed E-state index contributed by atoms with van der Waals surface area (Å²) in [5, 5.41) is 8.54. The maximum atomic E-state index is 13.0. The fourth-order valence-electron chi connectivity index (χ4n) is 1.09. The van der Waals surface area contributed by atoms with Crippen molar-refractivity contribution in [2.24, 2.45) is 0 Å². The Hall–Kier alpha value is -2.00. The minimum Gasteiger partial charge on any atom is -0.437 e. The van der Waals surface area contributed by atoms with Crippen LogP contribution < -0.4 is 4.74 Å². The molecule has 0 fully saturated rings. The highest BCUT2D eigenvalue weighted by atomic mass is 79.9. The average Bonchev–Trinajstić information content (AvgIpc) is 2.35. The fourth-order valence-corrected chi connectivity index (χ4v) is 1.45. The van der Waals surface area contributed by atoms with E-state index in [1.165, 1.54) is 30.6 Å². The van der Waals surface area contributed by atoms with Crippen molar-refractivity contribution in [1.29, 1.82) is 5.26 Å². The molecule has 0 saturated heterocycles. The molecule has 2 aromatic rings. The van der Waals surface area contributed by atoms with Crippen LogP contribution in [-0.4, -0.2) is 9.97 Å². The number of aromatic nitrogens is 2. The molecule has 4 nitrogen and oxygen atoms in total. The number of halogens is 2. The third-order valence-electron chi connectivity index (χ3n) is 1.86. The lowest BCUT2D eigenvalue weighted by molar-refractivity contribution is 0.457. The Morgan fingerprint density at radius 1 is 1.29 bits per heavy atom. The summed E-state index contributed by atoms with van der Waals surface area (Å²) in [5.74, 6) is 0.294. The Labute approximate surface area is 105 Å². The van der Waals surface area contributed by atoms with Gasteiger partial charge in [0.2, 0.25) is 5.88 Å². The molecule has 0 spiro atoms. The summed E-state index contributed by atoms with van der Waals surface area (Å²) in [6, 6.07) is 6.08. The lowest BCUT2D eigenvalue weighted by Crippen LogP contribution is -1.91. The van der Waals surface area contributed by atoms with E-state index in [1.807, 2.05) is 6.07 Å². The first-order chi connectivity index (χ1) is 8.19. The largest absolute Gasteiger partial charge is 0.437 e. The highest BCUT2D eigenvalue weighted by molar-refractivity contribution is 9.10. The molecular weight excluding hydrogens is 289 g/mol. The summed E-state index contributed by atoms with van der Waals surface area (Å²) in [4.78, 5) is 7.68.